The normalized spacial score (nSPS) is 10.4. The maximum absolute atomic E-state index is 3.15. The summed E-state index contributed by atoms with van der Waals surface area (Å²) < 4.78 is 2.28. The Balaban J connectivity index is 2.44. The molecule has 1 aromatic heterocycles. The molecule has 1 heterocycles. The van der Waals surface area contributed by atoms with Crippen LogP contribution in [-0.4, -0.2) is 4.57 Å². The number of hydrogen-bond acceptors (Lipinski definition) is 0. The molecule has 0 saturated heterocycles. The number of benzene rings is 2. The lowest BCUT2D eigenvalue weighted by atomic mass is 10.2. The Kier molecular flexibility index (Phi) is 2.34. The summed E-state index contributed by atoms with van der Waals surface area (Å²) in [6.45, 7) is 2.64. The Morgan fingerprint density at radius 2 is 1.41 bits per heavy atom. The Hall–Kier alpha value is -2.20. The Morgan fingerprint density at radius 1 is 0.882 bits per heavy atom. The fraction of sp³-hybridized carbons (Fsp3) is 0.125. The van der Waals surface area contributed by atoms with Gasteiger partial charge in [0.05, 0.1) is 6.54 Å². The van der Waals surface area contributed by atoms with E-state index in [2.05, 4.69) is 64.9 Å². The zero-order valence-corrected chi connectivity index (χ0v) is 9.77. The maximum atomic E-state index is 3.15. The van der Waals surface area contributed by atoms with Gasteiger partial charge in [0.2, 0.25) is 0 Å². The lowest BCUT2D eigenvalue weighted by Gasteiger charge is -2.01. The second-order valence-corrected chi connectivity index (χ2v) is 4.05. The molecule has 0 aliphatic rings. The summed E-state index contributed by atoms with van der Waals surface area (Å²) in [5, 5.41) is 2.61. The number of fused-ring (bicyclic) bond motifs is 3. The molecule has 0 spiro atoms. The number of aromatic nitrogens is 1. The minimum Gasteiger partial charge on any atom is -0.329 e. The van der Waals surface area contributed by atoms with Crippen LogP contribution < -0.4 is 0 Å². The van der Waals surface area contributed by atoms with Gasteiger partial charge < -0.3 is 4.57 Å². The average molecular weight is 219 g/mol. The third kappa shape index (κ3) is 1.50. The molecule has 1 nitrogen and oxygen atoms in total. The largest absolute Gasteiger partial charge is 0.329 e. The van der Waals surface area contributed by atoms with Gasteiger partial charge in [-0.15, -0.1) is 5.92 Å². The van der Waals surface area contributed by atoms with Crippen LogP contribution in [-0.2, 0) is 6.54 Å². The Bertz CT molecular complexity index is 685. The molecule has 3 rings (SSSR count). The Morgan fingerprint density at radius 3 is 1.94 bits per heavy atom. The van der Waals surface area contributed by atoms with Gasteiger partial charge in [-0.2, -0.15) is 0 Å². The fourth-order valence-corrected chi connectivity index (χ4v) is 2.33. The van der Waals surface area contributed by atoms with Gasteiger partial charge in [0.15, 0.2) is 0 Å². The molecule has 17 heavy (non-hydrogen) atoms. The topological polar surface area (TPSA) is 4.93 Å². The first-order valence-electron chi connectivity index (χ1n) is 5.77. The number of rotatable bonds is 1. The highest BCUT2D eigenvalue weighted by Crippen LogP contribution is 2.28. The van der Waals surface area contributed by atoms with Crippen molar-refractivity contribution in [3.8, 4) is 11.8 Å². The predicted octanol–water partition coefficient (Wildman–Crippen LogP) is 3.82. The van der Waals surface area contributed by atoms with Crippen LogP contribution in [0.3, 0.4) is 0 Å². The minimum atomic E-state index is 0.754. The molecule has 0 N–H and O–H groups in total. The van der Waals surface area contributed by atoms with Crippen molar-refractivity contribution in [3.63, 3.8) is 0 Å². The van der Waals surface area contributed by atoms with Crippen molar-refractivity contribution in [2.75, 3.05) is 0 Å². The standard InChI is InChI=1S/C16H13N/c1-2-3-12-17-15-10-6-4-8-13(15)14-9-5-7-11-16(14)17/h4-11H,12H2,1H3. The van der Waals surface area contributed by atoms with Crippen LogP contribution in [0.4, 0.5) is 0 Å². The van der Waals surface area contributed by atoms with E-state index in [9.17, 15) is 0 Å². The van der Waals surface area contributed by atoms with Crippen molar-refractivity contribution < 1.29 is 0 Å². The molecule has 82 valence electrons. The number of hydrogen-bond donors (Lipinski definition) is 0. The van der Waals surface area contributed by atoms with Gasteiger partial charge in [-0.1, -0.05) is 42.3 Å². The van der Waals surface area contributed by atoms with Crippen LogP contribution in [0.5, 0.6) is 0 Å². The molecule has 1 heteroatoms. The van der Waals surface area contributed by atoms with Crippen LogP contribution in [0.2, 0.25) is 0 Å². The van der Waals surface area contributed by atoms with Crippen molar-refractivity contribution in [3.05, 3.63) is 48.5 Å². The van der Waals surface area contributed by atoms with Gasteiger partial charge in [0.1, 0.15) is 0 Å². The summed E-state index contributed by atoms with van der Waals surface area (Å²) in [7, 11) is 0. The minimum absolute atomic E-state index is 0.754. The molecule has 3 aromatic rings. The lowest BCUT2D eigenvalue weighted by Crippen LogP contribution is -1.94. The second kappa shape index (κ2) is 3.99. The van der Waals surface area contributed by atoms with Crippen molar-refractivity contribution >= 4 is 21.8 Å². The van der Waals surface area contributed by atoms with E-state index < -0.39 is 0 Å². The number of para-hydroxylation sites is 2. The van der Waals surface area contributed by atoms with Crippen molar-refractivity contribution in [1.82, 2.24) is 4.57 Å². The molecular formula is C16H13N. The van der Waals surface area contributed by atoms with Gasteiger partial charge in [0.25, 0.3) is 0 Å². The van der Waals surface area contributed by atoms with E-state index in [1.165, 1.54) is 21.8 Å². The summed E-state index contributed by atoms with van der Waals surface area (Å²) in [6.07, 6.45) is 0. The van der Waals surface area contributed by atoms with Crippen LogP contribution in [0, 0.1) is 11.8 Å². The van der Waals surface area contributed by atoms with Crippen molar-refractivity contribution in [2.24, 2.45) is 0 Å². The molecule has 0 atom stereocenters. The third-order valence-electron chi connectivity index (χ3n) is 3.09. The highest BCUT2D eigenvalue weighted by molar-refractivity contribution is 6.07. The van der Waals surface area contributed by atoms with Gasteiger partial charge in [-0.25, -0.2) is 0 Å². The van der Waals surface area contributed by atoms with Crippen LogP contribution >= 0.6 is 0 Å². The number of nitrogens with zero attached hydrogens (tertiary/aromatic N) is 1. The van der Waals surface area contributed by atoms with E-state index in [0.717, 1.165) is 6.54 Å². The van der Waals surface area contributed by atoms with Crippen molar-refractivity contribution in [2.45, 2.75) is 13.5 Å². The average Bonchev–Trinajstić information content (AvgIpc) is 2.71. The van der Waals surface area contributed by atoms with Crippen molar-refractivity contribution in [1.29, 1.82) is 0 Å². The van der Waals surface area contributed by atoms with Gasteiger partial charge in [0, 0.05) is 21.8 Å². The summed E-state index contributed by atoms with van der Waals surface area (Å²) in [6, 6.07) is 17.0. The Labute approximate surface area is 101 Å². The van der Waals surface area contributed by atoms with Crippen LogP contribution in [0.1, 0.15) is 6.92 Å². The van der Waals surface area contributed by atoms with Gasteiger partial charge >= 0.3 is 0 Å². The second-order valence-electron chi connectivity index (χ2n) is 4.05. The molecule has 0 bridgehead atoms. The molecule has 0 aliphatic carbocycles. The highest BCUT2D eigenvalue weighted by atomic mass is 15.0. The predicted molar refractivity (Wildman–Crippen MR) is 72.9 cm³/mol. The first kappa shape index (κ1) is 9.99. The molecule has 0 fully saturated rings. The fourth-order valence-electron chi connectivity index (χ4n) is 2.33. The van der Waals surface area contributed by atoms with Gasteiger partial charge in [-0.05, 0) is 19.1 Å². The summed E-state index contributed by atoms with van der Waals surface area (Å²) in [4.78, 5) is 0. The first-order valence-corrected chi connectivity index (χ1v) is 5.77. The summed E-state index contributed by atoms with van der Waals surface area (Å²) in [5.74, 6) is 6.11. The summed E-state index contributed by atoms with van der Waals surface area (Å²) in [5.41, 5.74) is 2.52. The monoisotopic (exact) mass is 219 g/mol. The molecule has 0 saturated carbocycles. The molecule has 0 aliphatic heterocycles. The van der Waals surface area contributed by atoms with E-state index in [1.807, 2.05) is 6.92 Å². The van der Waals surface area contributed by atoms with E-state index >= 15 is 0 Å². The molecular weight excluding hydrogens is 206 g/mol. The maximum Gasteiger partial charge on any atom is 0.0843 e. The first-order chi connectivity index (χ1) is 8.42. The van der Waals surface area contributed by atoms with E-state index in [0.29, 0.717) is 0 Å². The van der Waals surface area contributed by atoms with E-state index in [-0.39, 0.29) is 0 Å². The smallest absolute Gasteiger partial charge is 0.0843 e. The quantitative estimate of drug-likeness (QED) is 0.548. The van der Waals surface area contributed by atoms with E-state index in [4.69, 9.17) is 0 Å². The molecule has 0 amide bonds. The summed E-state index contributed by atoms with van der Waals surface area (Å²) >= 11 is 0. The molecule has 0 radical (unpaired) electrons. The van der Waals surface area contributed by atoms with E-state index in [1.54, 1.807) is 0 Å². The third-order valence-corrected chi connectivity index (χ3v) is 3.09. The lowest BCUT2D eigenvalue weighted by molar-refractivity contribution is 0.923. The van der Waals surface area contributed by atoms with Crippen LogP contribution in [0.25, 0.3) is 21.8 Å². The van der Waals surface area contributed by atoms with Gasteiger partial charge in [-0.3, -0.25) is 0 Å². The molecule has 0 unspecified atom stereocenters. The zero-order valence-electron chi connectivity index (χ0n) is 9.77. The van der Waals surface area contributed by atoms with Crippen LogP contribution in [0.15, 0.2) is 48.5 Å². The molecule has 2 aromatic carbocycles. The zero-order chi connectivity index (χ0) is 11.7. The highest BCUT2D eigenvalue weighted by Gasteiger charge is 2.07. The SMILES string of the molecule is CC#CCn1c2ccccc2c2ccccc21.